The number of aromatic hydroxyl groups is 1. The Balaban J connectivity index is 2.02. The molecule has 1 aromatic heterocycles. The van der Waals surface area contributed by atoms with Gasteiger partial charge in [-0.25, -0.2) is 4.99 Å². The van der Waals surface area contributed by atoms with Crippen LogP contribution in [0.25, 0.3) is 22.3 Å². The van der Waals surface area contributed by atoms with Crippen molar-refractivity contribution in [2.75, 3.05) is 0 Å². The second-order valence-corrected chi connectivity index (χ2v) is 6.07. The molecule has 0 atom stereocenters. The molecule has 0 saturated heterocycles. The second-order valence-electron chi connectivity index (χ2n) is 5.63. The highest BCUT2D eigenvalue weighted by molar-refractivity contribution is 6.31. The Morgan fingerprint density at radius 1 is 0.840 bits per heavy atom. The summed E-state index contributed by atoms with van der Waals surface area (Å²) in [5.41, 5.74) is 2.32. The van der Waals surface area contributed by atoms with Crippen molar-refractivity contribution in [1.29, 1.82) is 0 Å². The van der Waals surface area contributed by atoms with Gasteiger partial charge in [0.2, 0.25) is 0 Å². The molecule has 4 rings (SSSR count). The van der Waals surface area contributed by atoms with Crippen molar-refractivity contribution >= 4 is 28.3 Å². The van der Waals surface area contributed by atoms with Crippen LogP contribution in [0.15, 0.2) is 88.3 Å². The zero-order valence-corrected chi connectivity index (χ0v) is 13.9. The third-order valence-corrected chi connectivity index (χ3v) is 4.08. The Hall–Kier alpha value is -3.04. The lowest BCUT2D eigenvalue weighted by Crippen LogP contribution is -2.03. The number of phenolic OH excluding ortho intramolecular Hbond substituents is 1. The molecule has 0 aliphatic heterocycles. The quantitative estimate of drug-likeness (QED) is 0.506. The van der Waals surface area contributed by atoms with Crippen LogP contribution in [-0.2, 0) is 0 Å². The molecule has 0 saturated carbocycles. The number of fused-ring (bicyclic) bond motifs is 1. The van der Waals surface area contributed by atoms with Gasteiger partial charge in [0.1, 0.15) is 17.1 Å². The molecule has 0 bridgehead atoms. The molecule has 3 aromatic carbocycles. The largest absolute Gasteiger partial charge is 0.508 e. The third kappa shape index (κ3) is 3.28. The molecule has 0 unspecified atom stereocenters. The first-order chi connectivity index (χ1) is 12.2. The van der Waals surface area contributed by atoms with Crippen molar-refractivity contribution in [2.24, 2.45) is 4.99 Å². The van der Waals surface area contributed by atoms with E-state index in [0.717, 1.165) is 16.3 Å². The van der Waals surface area contributed by atoms with Crippen LogP contribution >= 0.6 is 11.6 Å². The zero-order valence-electron chi connectivity index (χ0n) is 13.2. The van der Waals surface area contributed by atoms with Gasteiger partial charge in [0.25, 0.3) is 0 Å². The Kier molecular flexibility index (Phi) is 4.00. The fourth-order valence-corrected chi connectivity index (χ4v) is 2.85. The summed E-state index contributed by atoms with van der Waals surface area (Å²) in [5.74, 6) is 0.891. The first-order valence-corrected chi connectivity index (χ1v) is 8.19. The Labute approximate surface area is 149 Å². The minimum Gasteiger partial charge on any atom is -0.508 e. The number of benzene rings is 3. The zero-order chi connectivity index (χ0) is 17.2. The van der Waals surface area contributed by atoms with Crippen molar-refractivity contribution in [3.05, 3.63) is 89.2 Å². The van der Waals surface area contributed by atoms with Crippen LogP contribution in [0.5, 0.6) is 5.75 Å². The summed E-state index contributed by atoms with van der Waals surface area (Å²) in [5, 5.41) is 11.8. The van der Waals surface area contributed by atoms with Crippen LogP contribution in [0.1, 0.15) is 0 Å². The molecule has 1 heterocycles. The summed E-state index contributed by atoms with van der Waals surface area (Å²) in [6, 6.07) is 24.0. The highest BCUT2D eigenvalue weighted by Crippen LogP contribution is 2.25. The standard InChI is InChI=1S/C21H14ClNO2/c22-15-9-10-20-18(11-15)19(23-16-7-4-8-17(24)12-16)13-21(25-20)14-5-2-1-3-6-14/h1-13,24H. The van der Waals surface area contributed by atoms with E-state index in [1.807, 2.05) is 54.6 Å². The van der Waals surface area contributed by atoms with Crippen LogP contribution in [0.3, 0.4) is 0 Å². The van der Waals surface area contributed by atoms with Gasteiger partial charge in [-0.1, -0.05) is 48.0 Å². The van der Waals surface area contributed by atoms with Crippen LogP contribution in [0, 0.1) is 0 Å². The maximum Gasteiger partial charge on any atom is 0.136 e. The molecule has 0 spiro atoms. The molecule has 25 heavy (non-hydrogen) atoms. The summed E-state index contributed by atoms with van der Waals surface area (Å²) in [4.78, 5) is 4.68. The number of rotatable bonds is 2. The highest BCUT2D eigenvalue weighted by atomic mass is 35.5. The van der Waals surface area contributed by atoms with Crippen LogP contribution in [0.2, 0.25) is 5.02 Å². The molecule has 3 nitrogen and oxygen atoms in total. The molecule has 0 fully saturated rings. The first-order valence-electron chi connectivity index (χ1n) is 7.82. The van der Waals surface area contributed by atoms with E-state index in [1.54, 1.807) is 24.3 Å². The fourth-order valence-electron chi connectivity index (χ4n) is 2.68. The molecular weight excluding hydrogens is 334 g/mol. The molecule has 0 aliphatic carbocycles. The molecule has 0 radical (unpaired) electrons. The van der Waals surface area contributed by atoms with Crippen molar-refractivity contribution in [1.82, 2.24) is 0 Å². The Morgan fingerprint density at radius 2 is 1.68 bits per heavy atom. The second kappa shape index (κ2) is 6.46. The lowest BCUT2D eigenvalue weighted by Gasteiger charge is -2.05. The first kappa shape index (κ1) is 15.5. The van der Waals surface area contributed by atoms with Crippen LogP contribution < -0.4 is 5.36 Å². The number of nitrogens with zero attached hydrogens (tertiary/aromatic N) is 1. The van der Waals surface area contributed by atoms with E-state index in [-0.39, 0.29) is 5.75 Å². The Bertz CT molecular complexity index is 1120. The number of hydrogen-bond donors (Lipinski definition) is 1. The Morgan fingerprint density at radius 3 is 2.48 bits per heavy atom. The maximum absolute atomic E-state index is 9.68. The average molecular weight is 348 g/mol. The number of halogens is 1. The van der Waals surface area contributed by atoms with E-state index in [4.69, 9.17) is 16.0 Å². The summed E-state index contributed by atoms with van der Waals surface area (Å²) in [6.07, 6.45) is 0. The van der Waals surface area contributed by atoms with Gasteiger partial charge in [0.15, 0.2) is 0 Å². The highest BCUT2D eigenvalue weighted by Gasteiger charge is 2.07. The van der Waals surface area contributed by atoms with Gasteiger partial charge in [-0.05, 0) is 30.3 Å². The number of phenols is 1. The summed E-state index contributed by atoms with van der Waals surface area (Å²) in [6.45, 7) is 0. The van der Waals surface area contributed by atoms with Crippen molar-refractivity contribution in [3.8, 4) is 17.1 Å². The van der Waals surface area contributed by atoms with Crippen molar-refractivity contribution < 1.29 is 9.52 Å². The summed E-state index contributed by atoms with van der Waals surface area (Å²) < 4.78 is 6.04. The lowest BCUT2D eigenvalue weighted by atomic mass is 10.1. The van der Waals surface area contributed by atoms with E-state index in [1.165, 1.54) is 0 Å². The summed E-state index contributed by atoms with van der Waals surface area (Å²) >= 11 is 6.15. The van der Waals surface area contributed by atoms with E-state index < -0.39 is 0 Å². The lowest BCUT2D eigenvalue weighted by molar-refractivity contribution is 0.475. The van der Waals surface area contributed by atoms with Gasteiger partial charge in [-0.2, -0.15) is 0 Å². The van der Waals surface area contributed by atoms with E-state index >= 15 is 0 Å². The molecule has 1 N–H and O–H groups in total. The van der Waals surface area contributed by atoms with Gasteiger partial charge in [0, 0.05) is 28.1 Å². The van der Waals surface area contributed by atoms with E-state index in [2.05, 4.69) is 4.99 Å². The molecule has 4 aromatic rings. The fraction of sp³-hybridized carbons (Fsp3) is 0. The van der Waals surface area contributed by atoms with Gasteiger partial charge in [0.05, 0.1) is 11.0 Å². The van der Waals surface area contributed by atoms with Crippen molar-refractivity contribution in [3.63, 3.8) is 0 Å². The van der Waals surface area contributed by atoms with Gasteiger partial charge >= 0.3 is 0 Å². The van der Waals surface area contributed by atoms with E-state index in [0.29, 0.717) is 22.1 Å². The third-order valence-electron chi connectivity index (χ3n) is 3.84. The maximum atomic E-state index is 9.68. The van der Waals surface area contributed by atoms with Crippen LogP contribution in [0.4, 0.5) is 5.69 Å². The average Bonchev–Trinajstić information content (AvgIpc) is 2.63. The topological polar surface area (TPSA) is 45.7 Å². The van der Waals surface area contributed by atoms with Crippen LogP contribution in [-0.4, -0.2) is 5.11 Å². The molecule has 4 heteroatoms. The molecule has 0 aliphatic rings. The van der Waals surface area contributed by atoms with Gasteiger partial charge < -0.3 is 9.52 Å². The SMILES string of the molecule is Oc1cccc(N=c2cc(-c3ccccc3)oc3ccc(Cl)cc23)c1. The number of hydrogen-bond acceptors (Lipinski definition) is 3. The summed E-state index contributed by atoms with van der Waals surface area (Å²) in [7, 11) is 0. The van der Waals surface area contributed by atoms with Crippen molar-refractivity contribution in [2.45, 2.75) is 0 Å². The predicted molar refractivity (Wildman–Crippen MR) is 100.0 cm³/mol. The predicted octanol–water partition coefficient (Wildman–Crippen LogP) is 5.69. The molecule has 0 amide bonds. The molecular formula is C21H14ClNO2. The van der Waals surface area contributed by atoms with Gasteiger partial charge in [-0.15, -0.1) is 0 Å². The molecule has 122 valence electrons. The van der Waals surface area contributed by atoms with E-state index in [9.17, 15) is 5.11 Å². The minimum atomic E-state index is 0.174. The van der Waals surface area contributed by atoms with Gasteiger partial charge in [-0.3, -0.25) is 0 Å². The minimum absolute atomic E-state index is 0.174. The normalized spacial score (nSPS) is 11.8. The smallest absolute Gasteiger partial charge is 0.136 e. The monoisotopic (exact) mass is 347 g/mol.